The first-order valence-corrected chi connectivity index (χ1v) is 5.76. The number of unbranched alkanes of at least 4 members (excludes halogenated alkanes) is 1. The summed E-state index contributed by atoms with van der Waals surface area (Å²) in [4.78, 5) is 4.33. The van der Waals surface area contributed by atoms with Crippen molar-refractivity contribution in [3.63, 3.8) is 0 Å². The van der Waals surface area contributed by atoms with Crippen molar-refractivity contribution in [2.45, 2.75) is 59.9 Å². The Morgan fingerprint density at radius 2 is 2.00 bits per heavy atom. The number of rotatable bonds is 4. The van der Waals surface area contributed by atoms with Gasteiger partial charge in [-0.25, -0.2) is 4.98 Å². The van der Waals surface area contributed by atoms with Gasteiger partial charge in [0.1, 0.15) is 5.82 Å². The Bertz CT molecular complexity index is 226. The van der Waals surface area contributed by atoms with Crippen molar-refractivity contribution < 1.29 is 0 Å². The van der Waals surface area contributed by atoms with Gasteiger partial charge < -0.3 is 4.57 Å². The van der Waals surface area contributed by atoms with Gasteiger partial charge in [0.25, 0.3) is 0 Å². The largest absolute Gasteiger partial charge is 0.335 e. The molecule has 0 radical (unpaired) electrons. The third-order valence-corrected chi connectivity index (χ3v) is 2.02. The topological polar surface area (TPSA) is 17.8 Å². The highest BCUT2D eigenvalue weighted by Gasteiger charge is 2.05. The first kappa shape index (κ1) is 13.2. The maximum atomic E-state index is 4.33. The van der Waals surface area contributed by atoms with Crippen molar-refractivity contribution in [1.29, 1.82) is 0 Å². The Morgan fingerprint density at radius 1 is 1.36 bits per heavy atom. The van der Waals surface area contributed by atoms with Crippen LogP contribution in [0.2, 0.25) is 0 Å². The van der Waals surface area contributed by atoms with Gasteiger partial charge in [-0.2, -0.15) is 0 Å². The van der Waals surface area contributed by atoms with E-state index in [4.69, 9.17) is 0 Å². The van der Waals surface area contributed by atoms with Crippen LogP contribution >= 0.6 is 0 Å². The predicted molar refractivity (Wildman–Crippen MR) is 62.6 cm³/mol. The number of imidazole rings is 1. The van der Waals surface area contributed by atoms with Crippen LogP contribution in [0.4, 0.5) is 0 Å². The molecule has 0 saturated carbocycles. The van der Waals surface area contributed by atoms with Gasteiger partial charge in [0.2, 0.25) is 0 Å². The minimum atomic E-state index is 0.539. The lowest BCUT2D eigenvalue weighted by atomic mass is 10.2. The lowest BCUT2D eigenvalue weighted by Gasteiger charge is -2.08. The monoisotopic (exact) mass is 196 g/mol. The molecule has 1 aromatic heterocycles. The van der Waals surface area contributed by atoms with Crippen molar-refractivity contribution >= 4 is 0 Å². The van der Waals surface area contributed by atoms with E-state index in [1.165, 1.54) is 18.7 Å². The maximum absolute atomic E-state index is 4.33. The normalized spacial score (nSPS) is 9.86. The molecule has 82 valence electrons. The van der Waals surface area contributed by atoms with Crippen molar-refractivity contribution in [1.82, 2.24) is 9.55 Å². The van der Waals surface area contributed by atoms with Gasteiger partial charge in [0, 0.05) is 24.9 Å². The molecule has 0 N–H and O–H groups in total. The molecule has 2 heteroatoms. The van der Waals surface area contributed by atoms with Crippen LogP contribution in [-0.4, -0.2) is 9.55 Å². The summed E-state index contributed by atoms with van der Waals surface area (Å²) in [5.41, 5.74) is 0. The first-order chi connectivity index (χ1) is 6.75. The van der Waals surface area contributed by atoms with Crippen molar-refractivity contribution in [2.75, 3.05) is 0 Å². The van der Waals surface area contributed by atoms with E-state index in [1.807, 2.05) is 20.0 Å². The fourth-order valence-corrected chi connectivity index (χ4v) is 1.34. The summed E-state index contributed by atoms with van der Waals surface area (Å²) in [6.45, 7) is 11.7. The van der Waals surface area contributed by atoms with E-state index < -0.39 is 0 Å². The predicted octanol–water partition coefficient (Wildman–Crippen LogP) is 3.83. The minimum Gasteiger partial charge on any atom is -0.335 e. The molecule has 0 fully saturated rings. The molecule has 0 aliphatic carbocycles. The van der Waals surface area contributed by atoms with Gasteiger partial charge in [0.15, 0.2) is 0 Å². The molecule has 1 heterocycles. The van der Waals surface area contributed by atoms with Gasteiger partial charge in [-0.15, -0.1) is 0 Å². The minimum absolute atomic E-state index is 0.539. The zero-order valence-electron chi connectivity index (χ0n) is 10.2. The van der Waals surface area contributed by atoms with E-state index in [0.29, 0.717) is 5.92 Å². The Morgan fingerprint density at radius 3 is 2.50 bits per heavy atom. The molecule has 2 nitrogen and oxygen atoms in total. The van der Waals surface area contributed by atoms with E-state index >= 15 is 0 Å². The van der Waals surface area contributed by atoms with Gasteiger partial charge in [-0.1, -0.05) is 41.0 Å². The van der Waals surface area contributed by atoms with Crippen molar-refractivity contribution in [3.05, 3.63) is 18.2 Å². The highest BCUT2D eigenvalue weighted by atomic mass is 15.1. The van der Waals surface area contributed by atoms with Crippen LogP contribution in [0.25, 0.3) is 0 Å². The van der Waals surface area contributed by atoms with E-state index in [-0.39, 0.29) is 0 Å². The molecule has 0 aliphatic heterocycles. The quantitative estimate of drug-likeness (QED) is 0.715. The lowest BCUT2D eigenvalue weighted by molar-refractivity contribution is 0.583. The Balaban J connectivity index is 0.000000791. The Kier molecular flexibility index (Phi) is 7.17. The smallest absolute Gasteiger partial charge is 0.111 e. The molecular weight excluding hydrogens is 172 g/mol. The number of aryl methyl sites for hydroxylation is 1. The van der Waals surface area contributed by atoms with Crippen molar-refractivity contribution in [2.24, 2.45) is 0 Å². The second-order valence-electron chi connectivity index (χ2n) is 3.49. The van der Waals surface area contributed by atoms with E-state index in [2.05, 4.69) is 36.5 Å². The molecular formula is C12H24N2. The Labute approximate surface area is 88.4 Å². The molecule has 0 aliphatic rings. The summed E-state index contributed by atoms with van der Waals surface area (Å²) >= 11 is 0. The van der Waals surface area contributed by atoms with Crippen LogP contribution in [0, 0.1) is 0 Å². The van der Waals surface area contributed by atoms with E-state index in [0.717, 1.165) is 6.54 Å². The summed E-state index contributed by atoms with van der Waals surface area (Å²) in [5.74, 6) is 1.75. The summed E-state index contributed by atoms with van der Waals surface area (Å²) in [5, 5.41) is 0. The molecule has 0 spiro atoms. The summed E-state index contributed by atoms with van der Waals surface area (Å²) in [6.07, 6.45) is 6.46. The van der Waals surface area contributed by atoms with Crippen LogP contribution in [0.3, 0.4) is 0 Å². The van der Waals surface area contributed by atoms with Crippen LogP contribution in [0.15, 0.2) is 12.4 Å². The fourth-order valence-electron chi connectivity index (χ4n) is 1.34. The SMILES string of the molecule is CC.CCCCn1ccnc1C(C)C. The second-order valence-corrected chi connectivity index (χ2v) is 3.49. The van der Waals surface area contributed by atoms with Crippen LogP contribution < -0.4 is 0 Å². The molecule has 0 amide bonds. The van der Waals surface area contributed by atoms with Crippen LogP contribution in [0.5, 0.6) is 0 Å². The van der Waals surface area contributed by atoms with Crippen LogP contribution in [0.1, 0.15) is 59.2 Å². The number of nitrogens with zero attached hydrogens (tertiary/aromatic N) is 2. The molecule has 0 saturated heterocycles. The Hall–Kier alpha value is -0.790. The molecule has 0 aromatic carbocycles. The van der Waals surface area contributed by atoms with Crippen LogP contribution in [-0.2, 0) is 6.54 Å². The molecule has 0 atom stereocenters. The number of hydrogen-bond donors (Lipinski definition) is 0. The highest BCUT2D eigenvalue weighted by Crippen LogP contribution is 2.12. The van der Waals surface area contributed by atoms with Gasteiger partial charge in [-0.3, -0.25) is 0 Å². The summed E-state index contributed by atoms with van der Waals surface area (Å²) < 4.78 is 2.26. The molecule has 1 aromatic rings. The lowest BCUT2D eigenvalue weighted by Crippen LogP contribution is -2.04. The first-order valence-electron chi connectivity index (χ1n) is 5.76. The van der Waals surface area contributed by atoms with Gasteiger partial charge in [-0.05, 0) is 6.42 Å². The maximum Gasteiger partial charge on any atom is 0.111 e. The van der Waals surface area contributed by atoms with Gasteiger partial charge >= 0.3 is 0 Å². The number of hydrogen-bond acceptors (Lipinski definition) is 1. The standard InChI is InChI=1S/C10H18N2.C2H6/c1-4-5-7-12-8-6-11-10(12)9(2)3;1-2/h6,8-9H,4-5,7H2,1-3H3;1-2H3. The highest BCUT2D eigenvalue weighted by molar-refractivity contribution is 4.97. The van der Waals surface area contributed by atoms with E-state index in [1.54, 1.807) is 0 Å². The summed E-state index contributed by atoms with van der Waals surface area (Å²) in [7, 11) is 0. The second kappa shape index (κ2) is 7.60. The third-order valence-electron chi connectivity index (χ3n) is 2.02. The third kappa shape index (κ3) is 3.95. The van der Waals surface area contributed by atoms with E-state index in [9.17, 15) is 0 Å². The summed E-state index contributed by atoms with van der Waals surface area (Å²) in [6, 6.07) is 0. The van der Waals surface area contributed by atoms with Crippen molar-refractivity contribution in [3.8, 4) is 0 Å². The fraction of sp³-hybridized carbons (Fsp3) is 0.750. The molecule has 0 unspecified atom stereocenters. The average molecular weight is 196 g/mol. The zero-order chi connectivity index (χ0) is 11.0. The molecule has 1 rings (SSSR count). The molecule has 0 bridgehead atoms. The zero-order valence-corrected chi connectivity index (χ0v) is 10.2. The number of aromatic nitrogens is 2. The van der Waals surface area contributed by atoms with Gasteiger partial charge in [0.05, 0.1) is 0 Å². The average Bonchev–Trinajstić information content (AvgIpc) is 2.66. The molecule has 14 heavy (non-hydrogen) atoms.